The number of Topliss-reactive ketones (excluding diaryl/α,β-unsaturated/α-hetero) is 1. The van der Waals surface area contributed by atoms with Crippen LogP contribution in [0.5, 0.6) is 0 Å². The molecule has 27 heavy (non-hydrogen) atoms. The van der Waals surface area contributed by atoms with Gasteiger partial charge in [0.15, 0.2) is 5.78 Å². The van der Waals surface area contributed by atoms with Gasteiger partial charge in [-0.1, -0.05) is 61.5 Å². The predicted octanol–water partition coefficient (Wildman–Crippen LogP) is 3.33. The Labute approximate surface area is 162 Å². The van der Waals surface area contributed by atoms with Crippen LogP contribution in [0.25, 0.3) is 0 Å². The smallest absolute Gasteiger partial charge is 0.157 e. The summed E-state index contributed by atoms with van der Waals surface area (Å²) in [6, 6.07) is 18.6. The van der Waals surface area contributed by atoms with E-state index in [1.54, 1.807) is 0 Å². The van der Waals surface area contributed by atoms with Crippen molar-refractivity contribution in [2.75, 3.05) is 33.8 Å². The molecule has 2 atom stereocenters. The molecule has 2 aromatic rings. The van der Waals surface area contributed by atoms with E-state index in [4.69, 9.17) is 4.74 Å². The first-order valence-corrected chi connectivity index (χ1v) is 9.76. The number of carbonyl (C=O) groups excluding carboxylic acids is 1. The van der Waals surface area contributed by atoms with E-state index in [9.17, 15) is 4.79 Å². The first-order chi connectivity index (χ1) is 13.1. The molecule has 0 saturated carbocycles. The van der Waals surface area contributed by atoms with E-state index in [1.165, 1.54) is 0 Å². The highest BCUT2D eigenvalue weighted by atomic mass is 16.5. The molecule has 144 valence electrons. The number of ether oxygens (including phenoxy) is 1. The lowest BCUT2D eigenvalue weighted by atomic mass is 9.75. The van der Waals surface area contributed by atoms with E-state index in [1.807, 2.05) is 51.4 Å². The van der Waals surface area contributed by atoms with Crippen LogP contribution in [0.2, 0.25) is 0 Å². The SMILES string of the molecule is CCC(=O)C(Cc1ccccc1)(c1ccccc1C1CNCCO1)N(C)C. The van der Waals surface area contributed by atoms with Crippen molar-refractivity contribution >= 4 is 5.78 Å². The van der Waals surface area contributed by atoms with Gasteiger partial charge in [-0.15, -0.1) is 0 Å². The monoisotopic (exact) mass is 366 g/mol. The highest BCUT2D eigenvalue weighted by Gasteiger charge is 2.43. The highest BCUT2D eigenvalue weighted by molar-refractivity contribution is 5.90. The number of likely N-dealkylation sites (N-methyl/N-ethyl adjacent to an activating group) is 1. The van der Waals surface area contributed by atoms with Crippen molar-refractivity contribution in [3.8, 4) is 0 Å². The molecule has 1 N–H and O–H groups in total. The van der Waals surface area contributed by atoms with Gasteiger partial charge in [0, 0.05) is 25.9 Å². The van der Waals surface area contributed by atoms with Crippen molar-refractivity contribution in [1.29, 1.82) is 0 Å². The summed E-state index contributed by atoms with van der Waals surface area (Å²) in [5.74, 6) is 0.229. The Bertz CT molecular complexity index is 754. The van der Waals surface area contributed by atoms with Crippen molar-refractivity contribution in [1.82, 2.24) is 10.2 Å². The molecule has 1 saturated heterocycles. The third-order valence-corrected chi connectivity index (χ3v) is 5.53. The number of ketones is 1. The van der Waals surface area contributed by atoms with Crippen LogP contribution < -0.4 is 5.32 Å². The first-order valence-electron chi connectivity index (χ1n) is 9.76. The lowest BCUT2D eigenvalue weighted by Crippen LogP contribution is -2.51. The lowest BCUT2D eigenvalue weighted by molar-refractivity contribution is -0.130. The molecule has 1 aliphatic heterocycles. The number of hydrogen-bond donors (Lipinski definition) is 1. The molecular formula is C23H30N2O2. The third kappa shape index (κ3) is 3.98. The van der Waals surface area contributed by atoms with Crippen molar-refractivity contribution in [3.05, 3.63) is 71.3 Å². The second-order valence-electron chi connectivity index (χ2n) is 7.34. The van der Waals surface area contributed by atoms with Crippen LogP contribution in [-0.4, -0.2) is 44.5 Å². The molecule has 4 nitrogen and oxygen atoms in total. The fourth-order valence-corrected chi connectivity index (χ4v) is 4.10. The zero-order chi connectivity index (χ0) is 19.3. The van der Waals surface area contributed by atoms with E-state index in [-0.39, 0.29) is 11.9 Å². The average Bonchev–Trinajstić information content (AvgIpc) is 2.72. The van der Waals surface area contributed by atoms with E-state index in [0.29, 0.717) is 19.4 Å². The van der Waals surface area contributed by atoms with Crippen LogP contribution in [0.1, 0.15) is 36.1 Å². The van der Waals surface area contributed by atoms with Crippen molar-refractivity contribution in [2.24, 2.45) is 0 Å². The van der Waals surface area contributed by atoms with Gasteiger partial charge in [-0.2, -0.15) is 0 Å². The molecule has 2 aromatic carbocycles. The van der Waals surface area contributed by atoms with Gasteiger partial charge < -0.3 is 10.1 Å². The molecule has 0 bridgehead atoms. The number of benzene rings is 2. The Hall–Kier alpha value is -2.01. The zero-order valence-electron chi connectivity index (χ0n) is 16.6. The van der Waals surface area contributed by atoms with Gasteiger partial charge in [-0.25, -0.2) is 0 Å². The van der Waals surface area contributed by atoms with Gasteiger partial charge in [0.1, 0.15) is 5.54 Å². The van der Waals surface area contributed by atoms with Crippen LogP contribution in [-0.2, 0) is 21.5 Å². The van der Waals surface area contributed by atoms with Crippen LogP contribution >= 0.6 is 0 Å². The second kappa shape index (κ2) is 8.79. The Morgan fingerprint density at radius 1 is 1.15 bits per heavy atom. The summed E-state index contributed by atoms with van der Waals surface area (Å²) in [5, 5.41) is 3.41. The van der Waals surface area contributed by atoms with E-state index in [0.717, 1.165) is 29.8 Å². The fraction of sp³-hybridized carbons (Fsp3) is 0.435. The lowest BCUT2D eigenvalue weighted by Gasteiger charge is -2.41. The van der Waals surface area contributed by atoms with E-state index < -0.39 is 5.54 Å². The normalized spacial score (nSPS) is 19.6. The number of carbonyl (C=O) groups is 1. The molecule has 0 amide bonds. The third-order valence-electron chi connectivity index (χ3n) is 5.53. The van der Waals surface area contributed by atoms with E-state index in [2.05, 4.69) is 34.5 Å². The van der Waals surface area contributed by atoms with Crippen LogP contribution in [0.3, 0.4) is 0 Å². The summed E-state index contributed by atoms with van der Waals surface area (Å²) in [5.41, 5.74) is 2.61. The summed E-state index contributed by atoms with van der Waals surface area (Å²) < 4.78 is 6.05. The minimum Gasteiger partial charge on any atom is -0.371 e. The van der Waals surface area contributed by atoms with Gasteiger partial charge in [-0.05, 0) is 30.8 Å². The summed E-state index contributed by atoms with van der Waals surface area (Å²) in [4.78, 5) is 15.5. The van der Waals surface area contributed by atoms with Gasteiger partial charge >= 0.3 is 0 Å². The molecule has 0 aliphatic carbocycles. The van der Waals surface area contributed by atoms with Crippen LogP contribution in [0.4, 0.5) is 0 Å². The Morgan fingerprint density at radius 3 is 2.48 bits per heavy atom. The quantitative estimate of drug-likeness (QED) is 0.816. The maximum Gasteiger partial charge on any atom is 0.157 e. The molecule has 0 spiro atoms. The molecule has 1 fully saturated rings. The fourth-order valence-electron chi connectivity index (χ4n) is 4.10. The summed E-state index contributed by atoms with van der Waals surface area (Å²) >= 11 is 0. The second-order valence-corrected chi connectivity index (χ2v) is 7.34. The molecule has 0 radical (unpaired) electrons. The maximum absolute atomic E-state index is 13.4. The van der Waals surface area contributed by atoms with Gasteiger partial charge in [-0.3, -0.25) is 9.69 Å². The minimum atomic E-state index is -0.715. The molecule has 4 heteroatoms. The standard InChI is InChI=1S/C23H30N2O2/c1-4-22(26)23(25(2)3,16-18-10-6-5-7-11-18)20-13-9-8-12-19(20)21-17-24-14-15-27-21/h5-13,21,24H,4,14-17H2,1-3H3. The van der Waals surface area contributed by atoms with E-state index >= 15 is 0 Å². The largest absolute Gasteiger partial charge is 0.371 e. The van der Waals surface area contributed by atoms with Crippen LogP contribution in [0.15, 0.2) is 54.6 Å². The predicted molar refractivity (Wildman–Crippen MR) is 109 cm³/mol. The Morgan fingerprint density at radius 2 is 1.85 bits per heavy atom. The van der Waals surface area contributed by atoms with Gasteiger partial charge in [0.25, 0.3) is 0 Å². The number of nitrogens with zero attached hydrogens (tertiary/aromatic N) is 1. The molecule has 3 rings (SSSR count). The summed E-state index contributed by atoms with van der Waals surface area (Å²) in [6.45, 7) is 4.28. The number of morpholine rings is 1. The zero-order valence-corrected chi connectivity index (χ0v) is 16.6. The first kappa shape index (κ1) is 19.7. The van der Waals surface area contributed by atoms with Crippen molar-refractivity contribution < 1.29 is 9.53 Å². The number of hydrogen-bond acceptors (Lipinski definition) is 4. The highest BCUT2D eigenvalue weighted by Crippen LogP contribution is 2.38. The Kier molecular flexibility index (Phi) is 6.42. The Balaban J connectivity index is 2.14. The average molecular weight is 367 g/mol. The van der Waals surface area contributed by atoms with Gasteiger partial charge in [0.05, 0.1) is 12.7 Å². The maximum atomic E-state index is 13.4. The van der Waals surface area contributed by atoms with Crippen LogP contribution in [0, 0.1) is 0 Å². The van der Waals surface area contributed by atoms with Crippen molar-refractivity contribution in [3.63, 3.8) is 0 Å². The topological polar surface area (TPSA) is 41.6 Å². The summed E-state index contributed by atoms with van der Waals surface area (Å²) in [7, 11) is 4.01. The number of rotatable bonds is 7. The van der Waals surface area contributed by atoms with Gasteiger partial charge in [0.2, 0.25) is 0 Å². The molecule has 2 unspecified atom stereocenters. The van der Waals surface area contributed by atoms with Crippen molar-refractivity contribution in [2.45, 2.75) is 31.4 Å². The summed E-state index contributed by atoms with van der Waals surface area (Å²) in [6.07, 6.45) is 1.10. The molecular weight excluding hydrogens is 336 g/mol. The molecule has 1 heterocycles. The minimum absolute atomic E-state index is 0.0327. The molecule has 1 aliphatic rings. The molecule has 0 aromatic heterocycles. The number of nitrogens with one attached hydrogen (secondary N) is 1.